The second-order valence-electron chi connectivity index (χ2n) is 8.50. The molecule has 28 heavy (non-hydrogen) atoms. The standard InChI is InChI=1S/C22H26N4O2/c1-22(2,3)20-14-26(13-19(28-20)15-8-6-5-7-9-15)21(27)16-10-18-17(23-11-16)12-24-25(18)4/h5-12,19-20H,13-14H2,1-4H3/t19-,20+/m0/s1. The van der Waals surface area contributed by atoms with Crippen LogP contribution in [0.25, 0.3) is 11.0 Å². The molecule has 0 unspecified atom stereocenters. The van der Waals surface area contributed by atoms with Gasteiger partial charge in [0, 0.05) is 19.8 Å². The summed E-state index contributed by atoms with van der Waals surface area (Å²) in [4.78, 5) is 19.6. The van der Waals surface area contributed by atoms with Gasteiger partial charge >= 0.3 is 0 Å². The van der Waals surface area contributed by atoms with E-state index in [1.54, 1.807) is 17.1 Å². The third-order valence-corrected chi connectivity index (χ3v) is 5.37. The number of hydrogen-bond acceptors (Lipinski definition) is 4. The smallest absolute Gasteiger partial charge is 0.255 e. The van der Waals surface area contributed by atoms with Crippen molar-refractivity contribution < 1.29 is 9.53 Å². The molecular weight excluding hydrogens is 352 g/mol. The average molecular weight is 378 g/mol. The summed E-state index contributed by atoms with van der Waals surface area (Å²) in [6, 6.07) is 12.0. The molecule has 2 aromatic heterocycles. The van der Waals surface area contributed by atoms with Crippen molar-refractivity contribution >= 4 is 16.9 Å². The fourth-order valence-corrected chi connectivity index (χ4v) is 3.58. The average Bonchev–Trinajstić information content (AvgIpc) is 3.07. The van der Waals surface area contributed by atoms with Crippen LogP contribution < -0.4 is 0 Å². The van der Waals surface area contributed by atoms with Crippen molar-refractivity contribution in [3.63, 3.8) is 0 Å². The number of hydrogen-bond donors (Lipinski definition) is 0. The zero-order valence-electron chi connectivity index (χ0n) is 16.8. The molecule has 0 saturated carbocycles. The van der Waals surface area contributed by atoms with Crippen molar-refractivity contribution in [1.82, 2.24) is 19.7 Å². The van der Waals surface area contributed by atoms with Crippen LogP contribution in [0.4, 0.5) is 0 Å². The lowest BCUT2D eigenvalue weighted by Gasteiger charge is -2.43. The highest BCUT2D eigenvalue weighted by molar-refractivity contribution is 5.96. The first-order valence-corrected chi connectivity index (χ1v) is 9.60. The fourth-order valence-electron chi connectivity index (χ4n) is 3.58. The molecule has 3 heterocycles. The van der Waals surface area contributed by atoms with E-state index >= 15 is 0 Å². The van der Waals surface area contributed by atoms with Crippen molar-refractivity contribution in [3.05, 3.63) is 59.9 Å². The van der Waals surface area contributed by atoms with Crippen molar-refractivity contribution in [2.75, 3.05) is 13.1 Å². The third kappa shape index (κ3) is 3.52. The Morgan fingerprint density at radius 1 is 1.14 bits per heavy atom. The molecule has 4 rings (SSSR count). The number of aromatic nitrogens is 3. The number of carbonyl (C=O) groups excluding carboxylic acids is 1. The fraction of sp³-hybridized carbons (Fsp3) is 0.409. The van der Waals surface area contributed by atoms with Gasteiger partial charge in [0.2, 0.25) is 0 Å². The second-order valence-corrected chi connectivity index (χ2v) is 8.50. The van der Waals surface area contributed by atoms with Gasteiger partial charge in [-0.1, -0.05) is 51.1 Å². The maximum atomic E-state index is 13.3. The lowest BCUT2D eigenvalue weighted by atomic mass is 9.87. The Morgan fingerprint density at radius 2 is 1.89 bits per heavy atom. The molecule has 0 aliphatic carbocycles. The Bertz CT molecular complexity index is 991. The largest absolute Gasteiger partial charge is 0.366 e. The highest BCUT2D eigenvalue weighted by atomic mass is 16.5. The maximum absolute atomic E-state index is 13.3. The van der Waals surface area contributed by atoms with Gasteiger partial charge in [-0.25, -0.2) is 0 Å². The molecule has 1 amide bonds. The Balaban J connectivity index is 1.65. The molecule has 3 aromatic rings. The Labute approximate surface area is 165 Å². The highest BCUT2D eigenvalue weighted by Crippen LogP contribution is 2.34. The van der Waals surface area contributed by atoms with Crippen molar-refractivity contribution in [3.8, 4) is 0 Å². The van der Waals surface area contributed by atoms with Crippen LogP contribution in [0.2, 0.25) is 0 Å². The minimum atomic E-state index is -0.142. The van der Waals surface area contributed by atoms with Gasteiger partial charge in [0.15, 0.2) is 0 Å². The topological polar surface area (TPSA) is 60.2 Å². The number of fused-ring (bicyclic) bond motifs is 1. The summed E-state index contributed by atoms with van der Waals surface area (Å²) in [7, 11) is 1.86. The third-order valence-electron chi connectivity index (χ3n) is 5.37. The normalized spacial score (nSPS) is 20.5. The molecule has 0 bridgehead atoms. The predicted molar refractivity (Wildman–Crippen MR) is 108 cm³/mol. The first-order chi connectivity index (χ1) is 13.3. The Morgan fingerprint density at radius 3 is 2.61 bits per heavy atom. The van der Waals surface area contributed by atoms with E-state index in [0.717, 1.165) is 16.6 Å². The van der Waals surface area contributed by atoms with Crippen LogP contribution in [-0.2, 0) is 11.8 Å². The van der Waals surface area contributed by atoms with E-state index < -0.39 is 0 Å². The molecule has 6 heteroatoms. The molecule has 2 atom stereocenters. The zero-order chi connectivity index (χ0) is 19.9. The molecule has 1 saturated heterocycles. The van der Waals surface area contributed by atoms with Gasteiger partial charge in [0.05, 0.1) is 29.9 Å². The number of benzene rings is 1. The molecule has 1 fully saturated rings. The molecule has 146 valence electrons. The number of amides is 1. The van der Waals surface area contributed by atoms with Crippen LogP contribution in [0.5, 0.6) is 0 Å². The Kier molecular flexibility index (Phi) is 4.67. The number of carbonyl (C=O) groups is 1. The van der Waals surface area contributed by atoms with E-state index in [2.05, 4.69) is 43.0 Å². The summed E-state index contributed by atoms with van der Waals surface area (Å²) >= 11 is 0. The molecule has 1 aliphatic heterocycles. The molecule has 0 radical (unpaired) electrons. The second kappa shape index (κ2) is 7.02. The molecule has 0 N–H and O–H groups in total. The van der Waals surface area contributed by atoms with Gasteiger partial charge in [-0.05, 0) is 17.0 Å². The first-order valence-electron chi connectivity index (χ1n) is 9.60. The number of aryl methyl sites for hydroxylation is 1. The number of rotatable bonds is 2. The number of nitrogens with zero attached hydrogens (tertiary/aromatic N) is 4. The van der Waals surface area contributed by atoms with E-state index in [9.17, 15) is 4.79 Å². The van der Waals surface area contributed by atoms with Crippen molar-refractivity contribution in [2.45, 2.75) is 33.0 Å². The van der Waals surface area contributed by atoms with E-state index in [0.29, 0.717) is 18.7 Å². The van der Waals surface area contributed by atoms with Gasteiger partial charge in [-0.2, -0.15) is 5.10 Å². The van der Waals surface area contributed by atoms with Crippen molar-refractivity contribution in [2.24, 2.45) is 12.5 Å². The molecular formula is C22H26N4O2. The number of ether oxygens (including phenoxy) is 1. The lowest BCUT2D eigenvalue weighted by Crippen LogP contribution is -2.51. The predicted octanol–water partition coefficient (Wildman–Crippen LogP) is 3.60. The van der Waals surface area contributed by atoms with Crippen LogP contribution in [0.3, 0.4) is 0 Å². The number of pyridine rings is 1. The van der Waals surface area contributed by atoms with E-state index in [1.807, 2.05) is 36.2 Å². The van der Waals surface area contributed by atoms with Gasteiger partial charge in [-0.15, -0.1) is 0 Å². The monoisotopic (exact) mass is 378 g/mol. The van der Waals surface area contributed by atoms with E-state index in [4.69, 9.17) is 4.74 Å². The van der Waals surface area contributed by atoms with Crippen LogP contribution in [0.1, 0.15) is 42.8 Å². The van der Waals surface area contributed by atoms with Crippen molar-refractivity contribution in [1.29, 1.82) is 0 Å². The SMILES string of the molecule is Cn1ncc2ncc(C(=O)N3C[C@@H](c4ccccc4)O[C@@H](C(C)(C)C)C3)cc21. The molecule has 1 aliphatic rings. The summed E-state index contributed by atoms with van der Waals surface area (Å²) in [5.41, 5.74) is 3.24. The van der Waals surface area contributed by atoms with E-state index in [1.165, 1.54) is 0 Å². The molecule has 1 aromatic carbocycles. The summed E-state index contributed by atoms with van der Waals surface area (Å²) in [5, 5.41) is 4.21. The van der Waals surface area contributed by atoms with Gasteiger partial charge in [0.1, 0.15) is 11.6 Å². The minimum Gasteiger partial charge on any atom is -0.366 e. The number of morpholine rings is 1. The van der Waals surface area contributed by atoms with Gasteiger partial charge < -0.3 is 9.64 Å². The summed E-state index contributed by atoms with van der Waals surface area (Å²) in [5.74, 6) is -0.0194. The molecule has 0 spiro atoms. The van der Waals surface area contributed by atoms with Gasteiger partial charge in [-0.3, -0.25) is 14.5 Å². The van der Waals surface area contributed by atoms with Crippen LogP contribution in [0.15, 0.2) is 48.8 Å². The highest BCUT2D eigenvalue weighted by Gasteiger charge is 2.37. The summed E-state index contributed by atoms with van der Waals surface area (Å²) < 4.78 is 8.15. The maximum Gasteiger partial charge on any atom is 0.255 e. The van der Waals surface area contributed by atoms with E-state index in [-0.39, 0.29) is 23.5 Å². The molecule has 6 nitrogen and oxygen atoms in total. The summed E-state index contributed by atoms with van der Waals surface area (Å²) in [6.45, 7) is 7.54. The lowest BCUT2D eigenvalue weighted by molar-refractivity contribution is -0.119. The quantitative estimate of drug-likeness (QED) is 0.684. The minimum absolute atomic E-state index is 0.0194. The van der Waals surface area contributed by atoms with Crippen LogP contribution in [0, 0.1) is 5.41 Å². The zero-order valence-corrected chi connectivity index (χ0v) is 16.8. The Hall–Kier alpha value is -2.73. The summed E-state index contributed by atoms with van der Waals surface area (Å²) in [6.07, 6.45) is 3.16. The van der Waals surface area contributed by atoms with Crippen LogP contribution >= 0.6 is 0 Å². The first kappa shape index (κ1) is 18.6. The van der Waals surface area contributed by atoms with Crippen LogP contribution in [-0.4, -0.2) is 44.8 Å². The van der Waals surface area contributed by atoms with Gasteiger partial charge in [0.25, 0.3) is 5.91 Å².